The quantitative estimate of drug-likeness (QED) is 0.314. The van der Waals surface area contributed by atoms with Crippen LogP contribution in [0.5, 0.6) is 17.2 Å². The highest BCUT2D eigenvalue weighted by Gasteiger charge is 2.06. The van der Waals surface area contributed by atoms with Crippen molar-refractivity contribution in [2.45, 2.75) is 33.4 Å². The predicted octanol–water partition coefficient (Wildman–Crippen LogP) is 4.69. The fraction of sp³-hybridized carbons (Fsp3) is 0.381. The first-order valence-electron chi connectivity index (χ1n) is 9.08. The molecular formula is C21H30IN3O3. The first kappa shape index (κ1) is 23.9. The zero-order chi connectivity index (χ0) is 19.6. The molecule has 0 unspecified atom stereocenters. The van der Waals surface area contributed by atoms with Gasteiger partial charge in [-0.2, -0.15) is 0 Å². The van der Waals surface area contributed by atoms with Gasteiger partial charge in [0.1, 0.15) is 5.75 Å². The number of benzene rings is 2. The number of anilines is 1. The van der Waals surface area contributed by atoms with Crippen molar-refractivity contribution < 1.29 is 14.2 Å². The average molecular weight is 499 g/mol. The van der Waals surface area contributed by atoms with E-state index in [2.05, 4.69) is 15.6 Å². The summed E-state index contributed by atoms with van der Waals surface area (Å²) in [5.74, 6) is 2.90. The number of ether oxygens (including phenoxy) is 3. The van der Waals surface area contributed by atoms with Crippen molar-refractivity contribution in [3.63, 3.8) is 0 Å². The maximum Gasteiger partial charge on any atom is 0.196 e. The summed E-state index contributed by atoms with van der Waals surface area (Å²) < 4.78 is 16.4. The van der Waals surface area contributed by atoms with Gasteiger partial charge in [0.05, 0.1) is 26.9 Å². The van der Waals surface area contributed by atoms with Gasteiger partial charge >= 0.3 is 0 Å². The van der Waals surface area contributed by atoms with Crippen molar-refractivity contribution in [2.24, 2.45) is 4.99 Å². The van der Waals surface area contributed by atoms with Crippen molar-refractivity contribution in [3.8, 4) is 17.2 Å². The van der Waals surface area contributed by atoms with Gasteiger partial charge in [-0.1, -0.05) is 12.1 Å². The van der Waals surface area contributed by atoms with Crippen LogP contribution in [0.4, 0.5) is 5.69 Å². The van der Waals surface area contributed by atoms with Gasteiger partial charge in [0.25, 0.3) is 0 Å². The normalized spacial score (nSPS) is 10.9. The summed E-state index contributed by atoms with van der Waals surface area (Å²) in [6.45, 7) is 7.36. The Morgan fingerprint density at radius 3 is 2.43 bits per heavy atom. The summed E-state index contributed by atoms with van der Waals surface area (Å²) >= 11 is 0. The largest absolute Gasteiger partial charge is 0.493 e. The summed E-state index contributed by atoms with van der Waals surface area (Å²) in [6, 6.07) is 13.7. The molecule has 0 saturated carbocycles. The van der Waals surface area contributed by atoms with Gasteiger partial charge < -0.3 is 24.8 Å². The molecule has 0 saturated heterocycles. The number of guanidine groups is 1. The lowest BCUT2D eigenvalue weighted by Gasteiger charge is -2.14. The zero-order valence-electron chi connectivity index (χ0n) is 17.1. The number of rotatable bonds is 8. The van der Waals surface area contributed by atoms with Crippen LogP contribution in [0.1, 0.15) is 26.3 Å². The van der Waals surface area contributed by atoms with E-state index in [0.717, 1.165) is 23.5 Å². The number of methoxy groups -OCH3 is 2. The Labute approximate surface area is 184 Å². The van der Waals surface area contributed by atoms with Crippen LogP contribution >= 0.6 is 24.0 Å². The van der Waals surface area contributed by atoms with Crippen molar-refractivity contribution >= 4 is 35.6 Å². The van der Waals surface area contributed by atoms with E-state index in [1.807, 2.05) is 63.2 Å². The van der Waals surface area contributed by atoms with Crippen LogP contribution in [0.15, 0.2) is 47.5 Å². The Kier molecular flexibility index (Phi) is 10.5. The lowest BCUT2D eigenvalue weighted by atomic mass is 10.2. The van der Waals surface area contributed by atoms with Crippen molar-refractivity contribution in [1.82, 2.24) is 5.32 Å². The Balaban J connectivity index is 0.00000392. The van der Waals surface area contributed by atoms with Gasteiger partial charge in [-0.25, -0.2) is 4.99 Å². The number of nitrogens with one attached hydrogen (secondary N) is 2. The zero-order valence-corrected chi connectivity index (χ0v) is 19.4. The number of halogens is 1. The first-order valence-corrected chi connectivity index (χ1v) is 9.08. The number of hydrogen-bond acceptors (Lipinski definition) is 4. The number of hydrogen-bond donors (Lipinski definition) is 2. The Morgan fingerprint density at radius 1 is 1.04 bits per heavy atom. The third-order valence-electron chi connectivity index (χ3n) is 3.68. The molecule has 0 amide bonds. The molecule has 2 aromatic rings. The summed E-state index contributed by atoms with van der Waals surface area (Å²) in [6.07, 6.45) is 0.146. The van der Waals surface area contributed by atoms with E-state index in [1.165, 1.54) is 0 Å². The van der Waals surface area contributed by atoms with Crippen molar-refractivity contribution in [3.05, 3.63) is 48.0 Å². The van der Waals surface area contributed by atoms with Crippen molar-refractivity contribution in [2.75, 3.05) is 26.1 Å². The second-order valence-corrected chi connectivity index (χ2v) is 6.20. The minimum Gasteiger partial charge on any atom is -0.493 e. The minimum atomic E-state index is 0. The van der Waals surface area contributed by atoms with Crippen LogP contribution in [-0.2, 0) is 6.54 Å². The molecule has 0 aliphatic carbocycles. The monoisotopic (exact) mass is 499 g/mol. The molecule has 0 fully saturated rings. The second-order valence-electron chi connectivity index (χ2n) is 6.20. The molecule has 2 aromatic carbocycles. The van der Waals surface area contributed by atoms with Crippen LogP contribution in [0, 0.1) is 0 Å². The van der Waals surface area contributed by atoms with E-state index in [9.17, 15) is 0 Å². The van der Waals surface area contributed by atoms with Gasteiger partial charge in [-0.05, 0) is 50.6 Å². The molecule has 6 nitrogen and oxygen atoms in total. The Bertz CT molecular complexity index is 766. The Hall–Kier alpha value is -2.16. The minimum absolute atomic E-state index is 0. The molecule has 0 aliphatic heterocycles. The average Bonchev–Trinajstić information content (AvgIpc) is 2.66. The summed E-state index contributed by atoms with van der Waals surface area (Å²) in [4.78, 5) is 4.66. The molecule has 0 heterocycles. The van der Waals surface area contributed by atoms with Crippen LogP contribution in [-0.4, -0.2) is 32.8 Å². The molecule has 0 aliphatic rings. The first-order chi connectivity index (χ1) is 13.0. The van der Waals surface area contributed by atoms with E-state index < -0.39 is 0 Å². The van der Waals surface area contributed by atoms with Gasteiger partial charge in [-0.15, -0.1) is 24.0 Å². The highest BCUT2D eigenvalue weighted by atomic mass is 127. The fourth-order valence-corrected chi connectivity index (χ4v) is 2.52. The van der Waals surface area contributed by atoms with Crippen LogP contribution < -0.4 is 24.8 Å². The topological polar surface area (TPSA) is 64.1 Å². The summed E-state index contributed by atoms with van der Waals surface area (Å²) in [5.41, 5.74) is 1.95. The van der Waals surface area contributed by atoms with Gasteiger partial charge in [0.15, 0.2) is 17.5 Å². The SMILES string of the molecule is CCNC(=NCc1cccc(OC(C)C)c1)Nc1ccc(OC)c(OC)c1.I. The standard InChI is InChI=1S/C21H29N3O3.HI/c1-6-22-21(24-17-10-11-19(25-4)20(13-17)26-5)23-14-16-8-7-9-18(12-16)27-15(2)3;/h7-13,15H,6,14H2,1-5H3,(H2,22,23,24);1H. The molecule has 2 rings (SSSR count). The van der Waals surface area contributed by atoms with Gasteiger partial charge in [-0.3, -0.25) is 0 Å². The summed E-state index contributed by atoms with van der Waals surface area (Å²) in [5, 5.41) is 6.54. The second kappa shape index (κ2) is 12.3. The molecule has 0 atom stereocenters. The molecule has 0 spiro atoms. The van der Waals surface area contributed by atoms with Crippen LogP contribution in [0.2, 0.25) is 0 Å². The fourth-order valence-electron chi connectivity index (χ4n) is 2.52. The lowest BCUT2D eigenvalue weighted by Crippen LogP contribution is -2.30. The van der Waals surface area contributed by atoms with Gasteiger partial charge in [0, 0.05) is 18.3 Å². The third kappa shape index (κ3) is 7.46. The summed E-state index contributed by atoms with van der Waals surface area (Å²) in [7, 11) is 3.24. The molecular weight excluding hydrogens is 469 g/mol. The van der Waals surface area contributed by atoms with Crippen molar-refractivity contribution in [1.29, 1.82) is 0 Å². The van der Waals surface area contributed by atoms with E-state index in [1.54, 1.807) is 14.2 Å². The van der Waals surface area contributed by atoms with Gasteiger partial charge in [0.2, 0.25) is 0 Å². The molecule has 0 radical (unpaired) electrons. The number of aliphatic imine (C=N–C) groups is 1. The molecule has 2 N–H and O–H groups in total. The maximum atomic E-state index is 5.75. The lowest BCUT2D eigenvalue weighted by molar-refractivity contribution is 0.242. The smallest absolute Gasteiger partial charge is 0.196 e. The highest BCUT2D eigenvalue weighted by Crippen LogP contribution is 2.29. The number of nitrogens with zero attached hydrogens (tertiary/aromatic N) is 1. The molecule has 0 aromatic heterocycles. The Morgan fingerprint density at radius 2 is 1.79 bits per heavy atom. The maximum absolute atomic E-state index is 5.75. The highest BCUT2D eigenvalue weighted by molar-refractivity contribution is 14.0. The van der Waals surface area contributed by atoms with E-state index in [-0.39, 0.29) is 30.1 Å². The van der Waals surface area contributed by atoms with Crippen LogP contribution in [0.3, 0.4) is 0 Å². The van der Waals surface area contributed by atoms with E-state index >= 15 is 0 Å². The van der Waals surface area contributed by atoms with Crippen LogP contribution in [0.25, 0.3) is 0 Å². The molecule has 7 heteroatoms. The third-order valence-corrected chi connectivity index (χ3v) is 3.68. The predicted molar refractivity (Wildman–Crippen MR) is 126 cm³/mol. The molecule has 0 bridgehead atoms. The van der Waals surface area contributed by atoms with E-state index in [0.29, 0.717) is 24.0 Å². The molecule has 154 valence electrons. The van der Waals surface area contributed by atoms with E-state index in [4.69, 9.17) is 14.2 Å². The molecule has 28 heavy (non-hydrogen) atoms.